The minimum absolute atomic E-state index is 0.00188. The fourth-order valence-corrected chi connectivity index (χ4v) is 7.45. The van der Waals surface area contributed by atoms with Crippen molar-refractivity contribution >= 4 is 16.3 Å². The second-order valence-electron chi connectivity index (χ2n) is 10.6. The predicted molar refractivity (Wildman–Crippen MR) is 121 cm³/mol. The second-order valence-corrected chi connectivity index (χ2v) is 10.6. The molecule has 156 valence electrons. The lowest BCUT2D eigenvalue weighted by Crippen LogP contribution is -2.48. The van der Waals surface area contributed by atoms with Crippen molar-refractivity contribution in [2.24, 2.45) is 23.2 Å². The standard InChI is InChI=1S/C27H32N2O/c1-26-12-11-23-15-19-5-3-2-4-18(19)10-13-27(23,30)25(26)9-8-24(26)20-6-7-21-16-28-29-17-22(21)14-20/h6-8,11,14,16-19,25,30H,2-5,9-10,12-13,15H2,1H3/t18?,19?,25?,26?,27-/m1/s1. The van der Waals surface area contributed by atoms with E-state index in [4.69, 9.17) is 0 Å². The van der Waals surface area contributed by atoms with Crippen LogP contribution in [0.5, 0.6) is 0 Å². The lowest BCUT2D eigenvalue weighted by atomic mass is 9.58. The summed E-state index contributed by atoms with van der Waals surface area (Å²) in [5, 5.41) is 22.5. The molecule has 0 saturated heterocycles. The third-order valence-electron chi connectivity index (χ3n) is 9.15. The van der Waals surface area contributed by atoms with Crippen molar-refractivity contribution in [3.63, 3.8) is 0 Å². The molecule has 1 aromatic carbocycles. The Bertz CT molecular complexity index is 1060. The van der Waals surface area contributed by atoms with Gasteiger partial charge in [-0.05, 0) is 73.1 Å². The van der Waals surface area contributed by atoms with Crippen LogP contribution in [0.25, 0.3) is 16.3 Å². The number of nitrogens with zero attached hydrogens (tertiary/aromatic N) is 2. The van der Waals surface area contributed by atoms with E-state index >= 15 is 0 Å². The summed E-state index contributed by atoms with van der Waals surface area (Å²) in [6, 6.07) is 6.65. The van der Waals surface area contributed by atoms with Crippen molar-refractivity contribution in [1.29, 1.82) is 0 Å². The van der Waals surface area contributed by atoms with Crippen LogP contribution in [0, 0.1) is 23.2 Å². The van der Waals surface area contributed by atoms with Gasteiger partial charge in [0, 0.05) is 22.1 Å². The number of aliphatic hydroxyl groups is 1. The number of benzene rings is 1. The van der Waals surface area contributed by atoms with E-state index in [1.54, 1.807) is 0 Å². The summed E-state index contributed by atoms with van der Waals surface area (Å²) in [5.41, 5.74) is 3.45. The molecular weight excluding hydrogens is 368 g/mol. The molecule has 1 aromatic heterocycles. The molecule has 2 saturated carbocycles. The Labute approximate surface area is 179 Å². The first-order valence-electron chi connectivity index (χ1n) is 11.9. The van der Waals surface area contributed by atoms with Gasteiger partial charge in [0.1, 0.15) is 0 Å². The zero-order valence-electron chi connectivity index (χ0n) is 18.0. The second kappa shape index (κ2) is 6.75. The maximum atomic E-state index is 12.2. The van der Waals surface area contributed by atoms with E-state index < -0.39 is 5.60 Å². The van der Waals surface area contributed by atoms with Gasteiger partial charge in [-0.15, -0.1) is 0 Å². The molecule has 1 heterocycles. The maximum Gasteiger partial charge on any atom is 0.0896 e. The first-order valence-corrected chi connectivity index (χ1v) is 11.9. The van der Waals surface area contributed by atoms with Gasteiger partial charge in [0.15, 0.2) is 0 Å². The lowest BCUT2D eigenvalue weighted by molar-refractivity contribution is -0.0357. The molecule has 2 fully saturated rings. The highest BCUT2D eigenvalue weighted by Crippen LogP contribution is 2.62. The summed E-state index contributed by atoms with van der Waals surface area (Å²) >= 11 is 0. The number of hydrogen-bond acceptors (Lipinski definition) is 3. The first-order chi connectivity index (χ1) is 14.6. The van der Waals surface area contributed by atoms with Crippen LogP contribution in [-0.2, 0) is 0 Å². The van der Waals surface area contributed by atoms with Gasteiger partial charge in [-0.3, -0.25) is 0 Å². The van der Waals surface area contributed by atoms with E-state index in [9.17, 15) is 5.11 Å². The highest BCUT2D eigenvalue weighted by atomic mass is 16.3. The van der Waals surface area contributed by atoms with Crippen LogP contribution in [0.15, 0.2) is 48.3 Å². The summed E-state index contributed by atoms with van der Waals surface area (Å²) in [4.78, 5) is 0. The minimum atomic E-state index is -0.620. The Morgan fingerprint density at radius 2 is 1.77 bits per heavy atom. The summed E-state index contributed by atoms with van der Waals surface area (Å²) in [6.07, 6.45) is 19.4. The number of rotatable bonds is 1. The highest BCUT2D eigenvalue weighted by molar-refractivity contribution is 5.86. The average molecular weight is 401 g/mol. The highest BCUT2D eigenvalue weighted by Gasteiger charge is 2.56. The number of aromatic nitrogens is 2. The average Bonchev–Trinajstić information content (AvgIpc) is 3.05. The van der Waals surface area contributed by atoms with Crippen LogP contribution in [0.1, 0.15) is 70.3 Å². The molecule has 0 bridgehead atoms. The molecule has 0 radical (unpaired) electrons. The Hall–Kier alpha value is -2.00. The third kappa shape index (κ3) is 2.67. The van der Waals surface area contributed by atoms with Crippen molar-refractivity contribution in [2.45, 2.75) is 70.3 Å². The third-order valence-corrected chi connectivity index (χ3v) is 9.15. The van der Waals surface area contributed by atoms with Crippen molar-refractivity contribution in [2.75, 3.05) is 0 Å². The summed E-state index contributed by atoms with van der Waals surface area (Å²) < 4.78 is 0. The molecule has 6 rings (SSSR count). The fraction of sp³-hybridized carbons (Fsp3) is 0.556. The predicted octanol–water partition coefficient (Wildman–Crippen LogP) is 6.09. The molecule has 4 aliphatic carbocycles. The fourth-order valence-electron chi connectivity index (χ4n) is 7.45. The van der Waals surface area contributed by atoms with Gasteiger partial charge in [0.05, 0.1) is 18.0 Å². The van der Waals surface area contributed by atoms with E-state index in [0.717, 1.165) is 48.3 Å². The number of allylic oxidation sites excluding steroid dienone is 3. The van der Waals surface area contributed by atoms with E-state index in [1.807, 2.05) is 12.4 Å². The molecule has 3 heteroatoms. The summed E-state index contributed by atoms with van der Waals surface area (Å²) in [5.74, 6) is 1.93. The van der Waals surface area contributed by atoms with Crippen LogP contribution in [-0.4, -0.2) is 20.9 Å². The molecule has 0 amide bonds. The van der Waals surface area contributed by atoms with Gasteiger partial charge in [-0.2, -0.15) is 10.2 Å². The van der Waals surface area contributed by atoms with Crippen molar-refractivity contribution in [3.8, 4) is 0 Å². The maximum absolute atomic E-state index is 12.2. The lowest BCUT2D eigenvalue weighted by Gasteiger charge is -2.49. The Kier molecular flexibility index (Phi) is 4.22. The van der Waals surface area contributed by atoms with Crippen molar-refractivity contribution < 1.29 is 5.11 Å². The molecule has 30 heavy (non-hydrogen) atoms. The molecule has 2 aromatic rings. The largest absolute Gasteiger partial charge is 0.385 e. The zero-order chi connectivity index (χ0) is 20.3. The topological polar surface area (TPSA) is 46.0 Å². The SMILES string of the molecule is CC12CC=C3CC4CCCCC4CC[C@]3(O)C1CC=C2c1ccc2cnncc2c1. The van der Waals surface area contributed by atoms with Gasteiger partial charge in [0.25, 0.3) is 0 Å². The zero-order valence-corrected chi connectivity index (χ0v) is 18.0. The molecule has 1 N–H and O–H groups in total. The van der Waals surface area contributed by atoms with Crippen LogP contribution in [0.4, 0.5) is 0 Å². The van der Waals surface area contributed by atoms with Crippen LogP contribution >= 0.6 is 0 Å². The summed E-state index contributed by atoms with van der Waals surface area (Å²) in [6.45, 7) is 2.40. The van der Waals surface area contributed by atoms with Crippen LogP contribution in [0.2, 0.25) is 0 Å². The molecule has 4 aliphatic rings. The molecule has 3 nitrogen and oxygen atoms in total. The van der Waals surface area contributed by atoms with Gasteiger partial charge in [-0.25, -0.2) is 0 Å². The Morgan fingerprint density at radius 3 is 2.63 bits per heavy atom. The number of hydrogen-bond donors (Lipinski definition) is 1. The molecule has 4 unspecified atom stereocenters. The van der Waals surface area contributed by atoms with Gasteiger partial charge in [-0.1, -0.05) is 50.5 Å². The van der Waals surface area contributed by atoms with E-state index in [-0.39, 0.29) is 5.41 Å². The Morgan fingerprint density at radius 1 is 0.967 bits per heavy atom. The normalized spacial score (nSPS) is 38.1. The van der Waals surface area contributed by atoms with Gasteiger partial charge < -0.3 is 5.11 Å². The molecule has 0 spiro atoms. The van der Waals surface area contributed by atoms with Crippen LogP contribution in [0.3, 0.4) is 0 Å². The van der Waals surface area contributed by atoms with E-state index in [2.05, 4.69) is 47.5 Å². The molecular formula is C27H32N2O. The van der Waals surface area contributed by atoms with E-state index in [1.165, 1.54) is 48.8 Å². The molecule has 0 aliphatic heterocycles. The van der Waals surface area contributed by atoms with Gasteiger partial charge in [0.2, 0.25) is 0 Å². The number of fused-ring (bicyclic) bond motifs is 5. The summed E-state index contributed by atoms with van der Waals surface area (Å²) in [7, 11) is 0. The van der Waals surface area contributed by atoms with E-state index in [0.29, 0.717) is 5.92 Å². The smallest absolute Gasteiger partial charge is 0.0896 e. The first kappa shape index (κ1) is 18.7. The monoisotopic (exact) mass is 400 g/mol. The van der Waals surface area contributed by atoms with Crippen LogP contribution < -0.4 is 0 Å². The minimum Gasteiger partial charge on any atom is -0.385 e. The molecule has 5 atom stereocenters. The van der Waals surface area contributed by atoms with Crippen molar-refractivity contribution in [1.82, 2.24) is 10.2 Å². The van der Waals surface area contributed by atoms with Gasteiger partial charge >= 0.3 is 0 Å². The van der Waals surface area contributed by atoms with Crippen molar-refractivity contribution in [3.05, 3.63) is 53.9 Å². The Balaban J connectivity index is 1.37. The quantitative estimate of drug-likeness (QED) is 0.589.